The van der Waals surface area contributed by atoms with E-state index in [9.17, 15) is 9.59 Å². The highest BCUT2D eigenvalue weighted by molar-refractivity contribution is 6.39. The summed E-state index contributed by atoms with van der Waals surface area (Å²) in [5.74, 6) is 0.326. The molecular formula is C40H45Cl2FN8O3. The number of nitrogens with one attached hydrogen (secondary N) is 2. The van der Waals surface area contributed by atoms with Crippen molar-refractivity contribution in [3.05, 3.63) is 81.8 Å². The van der Waals surface area contributed by atoms with Gasteiger partial charge in [-0.15, -0.1) is 0 Å². The van der Waals surface area contributed by atoms with Crippen LogP contribution in [0.3, 0.4) is 0 Å². The first-order valence-electron chi connectivity index (χ1n) is 18.4. The molecule has 3 saturated heterocycles. The van der Waals surface area contributed by atoms with E-state index in [4.69, 9.17) is 32.9 Å². The molecule has 2 N–H and O–H groups in total. The molecule has 4 aromatic rings. The molecule has 7 rings (SSSR count). The van der Waals surface area contributed by atoms with Crippen LogP contribution >= 0.6 is 23.2 Å². The minimum atomic E-state index is -0.475. The Kier molecular flexibility index (Phi) is 11.4. The molecule has 1 atom stereocenters. The number of ether oxygens (including phenoxy) is 1. The summed E-state index contributed by atoms with van der Waals surface area (Å²) in [5, 5.41) is 7.18. The molecule has 3 aliphatic heterocycles. The molecular weight excluding hydrogens is 730 g/mol. The second-order valence-electron chi connectivity index (χ2n) is 14.6. The van der Waals surface area contributed by atoms with Gasteiger partial charge in [-0.2, -0.15) is 0 Å². The number of carbonyl (C=O) groups is 2. The molecule has 3 aromatic heterocycles. The van der Waals surface area contributed by atoms with Gasteiger partial charge in [0.1, 0.15) is 0 Å². The summed E-state index contributed by atoms with van der Waals surface area (Å²) < 4.78 is 21.5. The van der Waals surface area contributed by atoms with Crippen LogP contribution in [0.4, 0.5) is 15.9 Å². The summed E-state index contributed by atoms with van der Waals surface area (Å²) >= 11 is 14.0. The molecule has 2 amide bonds. The van der Waals surface area contributed by atoms with Crippen molar-refractivity contribution in [3.8, 4) is 28.4 Å². The van der Waals surface area contributed by atoms with E-state index in [1.54, 1.807) is 57.6 Å². The molecule has 3 aliphatic rings. The van der Waals surface area contributed by atoms with Crippen molar-refractivity contribution in [2.45, 2.75) is 58.7 Å². The number of methoxy groups -OCH3 is 1. The molecule has 284 valence electrons. The van der Waals surface area contributed by atoms with Crippen LogP contribution in [0, 0.1) is 11.2 Å². The van der Waals surface area contributed by atoms with E-state index in [1.165, 1.54) is 0 Å². The monoisotopic (exact) mass is 774 g/mol. The Bertz CT molecular complexity index is 2040. The van der Waals surface area contributed by atoms with Gasteiger partial charge in [0.05, 0.1) is 34.2 Å². The third-order valence-corrected chi connectivity index (χ3v) is 11.9. The zero-order valence-corrected chi connectivity index (χ0v) is 32.3. The number of amides is 2. The van der Waals surface area contributed by atoms with Crippen LogP contribution in [0.15, 0.2) is 54.9 Å². The average molecular weight is 776 g/mol. The van der Waals surface area contributed by atoms with E-state index < -0.39 is 5.82 Å². The van der Waals surface area contributed by atoms with E-state index in [-0.39, 0.29) is 29.1 Å². The van der Waals surface area contributed by atoms with Gasteiger partial charge in [0.2, 0.25) is 17.7 Å². The number of hydrogen-bond donors (Lipinski definition) is 2. The molecule has 11 nitrogen and oxygen atoms in total. The molecule has 1 spiro atoms. The van der Waals surface area contributed by atoms with Crippen LogP contribution in [0.2, 0.25) is 10.0 Å². The first kappa shape index (κ1) is 37.9. The third-order valence-electron chi connectivity index (χ3n) is 11.1. The molecule has 1 aromatic carbocycles. The number of anilines is 2. The fraction of sp³-hybridized carbons (Fsp3) is 0.425. The van der Waals surface area contributed by atoms with Crippen LogP contribution in [-0.4, -0.2) is 93.9 Å². The molecule has 0 saturated carbocycles. The smallest absolute Gasteiger partial charge is 0.219 e. The topological polar surface area (TPSA) is 116 Å². The van der Waals surface area contributed by atoms with Crippen LogP contribution in [-0.2, 0) is 22.7 Å². The fourth-order valence-electron chi connectivity index (χ4n) is 7.99. The Labute approximate surface area is 325 Å². The number of likely N-dealkylation sites (tertiary alicyclic amines) is 3. The molecule has 0 bridgehead atoms. The van der Waals surface area contributed by atoms with E-state index in [0.717, 1.165) is 57.4 Å². The second-order valence-corrected chi connectivity index (χ2v) is 15.4. The van der Waals surface area contributed by atoms with Gasteiger partial charge in [-0.3, -0.25) is 19.5 Å². The van der Waals surface area contributed by atoms with Crippen molar-refractivity contribution < 1.29 is 18.7 Å². The number of pyridine rings is 3. The Morgan fingerprint density at radius 1 is 0.889 bits per heavy atom. The lowest BCUT2D eigenvalue weighted by molar-refractivity contribution is -0.130. The summed E-state index contributed by atoms with van der Waals surface area (Å²) in [7, 11) is 1.62. The summed E-state index contributed by atoms with van der Waals surface area (Å²) in [6, 6.07) is 13.0. The lowest BCUT2D eigenvalue weighted by Gasteiger charge is -2.31. The molecule has 6 heterocycles. The van der Waals surface area contributed by atoms with Crippen molar-refractivity contribution in [3.63, 3.8) is 0 Å². The Balaban J connectivity index is 1.05. The van der Waals surface area contributed by atoms with Crippen molar-refractivity contribution in [1.29, 1.82) is 0 Å². The predicted octanol–water partition coefficient (Wildman–Crippen LogP) is 6.95. The normalized spacial score (nSPS) is 19.1. The second kappa shape index (κ2) is 16.2. The number of aromatic nitrogens is 3. The summed E-state index contributed by atoms with van der Waals surface area (Å²) in [5.41, 5.74) is 4.35. The number of halogens is 3. The first-order chi connectivity index (χ1) is 26.0. The van der Waals surface area contributed by atoms with Crippen molar-refractivity contribution >= 4 is 46.5 Å². The van der Waals surface area contributed by atoms with Gasteiger partial charge in [-0.1, -0.05) is 41.4 Å². The van der Waals surface area contributed by atoms with Crippen molar-refractivity contribution in [2.24, 2.45) is 5.41 Å². The number of hydrogen-bond acceptors (Lipinski definition) is 9. The number of piperidine rings is 1. The Morgan fingerprint density at radius 2 is 1.65 bits per heavy atom. The van der Waals surface area contributed by atoms with Gasteiger partial charge in [-0.25, -0.2) is 14.4 Å². The van der Waals surface area contributed by atoms with Gasteiger partial charge in [0.15, 0.2) is 11.6 Å². The largest absolute Gasteiger partial charge is 0.481 e. The summed E-state index contributed by atoms with van der Waals surface area (Å²) in [6.45, 7) is 9.18. The SMILES string of the molecule is COc1nc(-c2ccnc(-c3cccc(Nc4nccc(CNC5CCN(C(C)=O)CC5)c4F)c3Cl)c2Cl)ccc1CN1CCC2(CCN(C(C)=O)C2)C1. The number of benzene rings is 1. The summed E-state index contributed by atoms with van der Waals surface area (Å²) in [6.07, 6.45) is 6.96. The maximum Gasteiger partial charge on any atom is 0.219 e. The molecule has 0 aliphatic carbocycles. The maximum atomic E-state index is 15.7. The third kappa shape index (κ3) is 8.02. The first-order valence-corrected chi connectivity index (χ1v) is 19.1. The highest BCUT2D eigenvalue weighted by atomic mass is 35.5. The molecule has 14 heteroatoms. The maximum absolute atomic E-state index is 15.7. The van der Waals surface area contributed by atoms with Crippen LogP contribution in [0.25, 0.3) is 22.5 Å². The Morgan fingerprint density at radius 3 is 2.39 bits per heavy atom. The fourth-order valence-corrected chi connectivity index (χ4v) is 8.56. The van der Waals surface area contributed by atoms with Crippen LogP contribution < -0.4 is 15.4 Å². The molecule has 0 radical (unpaired) electrons. The average Bonchev–Trinajstić information content (AvgIpc) is 3.78. The highest BCUT2D eigenvalue weighted by Crippen LogP contribution is 2.42. The van der Waals surface area contributed by atoms with E-state index in [0.29, 0.717) is 75.9 Å². The van der Waals surface area contributed by atoms with E-state index >= 15 is 4.39 Å². The Hall–Kier alpha value is -4.36. The van der Waals surface area contributed by atoms with Crippen LogP contribution in [0.1, 0.15) is 50.7 Å². The van der Waals surface area contributed by atoms with Crippen LogP contribution in [0.5, 0.6) is 5.88 Å². The lowest BCUT2D eigenvalue weighted by atomic mass is 9.86. The van der Waals surface area contributed by atoms with Gasteiger partial charge in [-0.05, 0) is 56.5 Å². The molecule has 54 heavy (non-hydrogen) atoms. The van der Waals surface area contributed by atoms with Gasteiger partial charge in [0.25, 0.3) is 0 Å². The minimum absolute atomic E-state index is 0.0503. The van der Waals surface area contributed by atoms with Crippen molar-refractivity contribution in [2.75, 3.05) is 51.7 Å². The highest BCUT2D eigenvalue weighted by Gasteiger charge is 2.44. The lowest BCUT2D eigenvalue weighted by Crippen LogP contribution is -2.44. The molecule has 1 unspecified atom stereocenters. The quantitative estimate of drug-likeness (QED) is 0.177. The van der Waals surface area contributed by atoms with Gasteiger partial charge in [0, 0.05) is 106 Å². The summed E-state index contributed by atoms with van der Waals surface area (Å²) in [4.78, 5) is 43.5. The zero-order valence-electron chi connectivity index (χ0n) is 30.8. The standard InChI is InChI=1S/C40H45Cl2FN8O3/c1-25(52)50-17-11-29(12-18-50)46-21-27-9-15-45-38(36(27)43)47-33-6-4-5-31(34(33)41)37-35(42)30(10-16-44-37)32-8-7-28(39(48-32)54-3)22-49-19-13-40(23-49)14-20-51(24-40)26(2)53/h4-10,15-16,29,46H,11-14,17-24H2,1-3H3,(H,45,47). The van der Waals surface area contributed by atoms with E-state index in [1.807, 2.05) is 28.0 Å². The molecule has 3 fully saturated rings. The van der Waals surface area contributed by atoms with Gasteiger partial charge < -0.3 is 25.2 Å². The van der Waals surface area contributed by atoms with Gasteiger partial charge >= 0.3 is 0 Å². The predicted molar refractivity (Wildman–Crippen MR) is 208 cm³/mol. The minimum Gasteiger partial charge on any atom is -0.481 e. The number of carbonyl (C=O) groups excluding carboxylic acids is 2. The zero-order chi connectivity index (χ0) is 38.0. The van der Waals surface area contributed by atoms with E-state index in [2.05, 4.69) is 25.5 Å². The van der Waals surface area contributed by atoms with Crippen molar-refractivity contribution in [1.82, 2.24) is 35.0 Å². The number of nitrogens with zero attached hydrogens (tertiary/aromatic N) is 6. The number of rotatable bonds is 10.